The van der Waals surface area contributed by atoms with E-state index in [1.807, 2.05) is 47.2 Å². The second-order valence-electron chi connectivity index (χ2n) is 5.94. The van der Waals surface area contributed by atoms with E-state index in [0.29, 0.717) is 18.7 Å². The van der Waals surface area contributed by atoms with Gasteiger partial charge in [0.05, 0.1) is 17.6 Å². The highest BCUT2D eigenvalue weighted by Crippen LogP contribution is 2.22. The average Bonchev–Trinajstić information content (AvgIpc) is 3.19. The zero-order valence-corrected chi connectivity index (χ0v) is 15.5. The summed E-state index contributed by atoms with van der Waals surface area (Å²) in [4.78, 5) is 28.5. The lowest BCUT2D eigenvalue weighted by molar-refractivity contribution is -0.115. The van der Waals surface area contributed by atoms with Crippen molar-refractivity contribution in [3.63, 3.8) is 0 Å². The van der Waals surface area contributed by atoms with Gasteiger partial charge in [0, 0.05) is 30.4 Å². The molecule has 0 saturated heterocycles. The molecule has 0 radical (unpaired) electrons. The van der Waals surface area contributed by atoms with Gasteiger partial charge in [-0.1, -0.05) is 36.4 Å². The van der Waals surface area contributed by atoms with E-state index in [2.05, 4.69) is 10.3 Å². The van der Waals surface area contributed by atoms with Crippen LogP contribution in [-0.2, 0) is 17.9 Å². The second kappa shape index (κ2) is 9.05. The normalized spacial score (nSPS) is 10.5. The highest BCUT2D eigenvalue weighted by Gasteiger charge is 2.12. The van der Waals surface area contributed by atoms with Crippen molar-refractivity contribution in [1.82, 2.24) is 14.9 Å². The minimum absolute atomic E-state index is 0.137. The van der Waals surface area contributed by atoms with Gasteiger partial charge in [0.15, 0.2) is 0 Å². The lowest BCUT2D eigenvalue weighted by Gasteiger charge is -2.13. The van der Waals surface area contributed by atoms with Crippen LogP contribution in [0.5, 0.6) is 0 Å². The predicted octanol–water partition coefficient (Wildman–Crippen LogP) is 2.44. The van der Waals surface area contributed by atoms with E-state index >= 15 is 0 Å². The van der Waals surface area contributed by atoms with E-state index in [4.69, 9.17) is 5.73 Å². The number of aromatic nitrogens is 2. The van der Waals surface area contributed by atoms with Crippen molar-refractivity contribution in [2.75, 3.05) is 5.75 Å². The Bertz CT molecular complexity index is 925. The Morgan fingerprint density at radius 2 is 1.81 bits per heavy atom. The van der Waals surface area contributed by atoms with Crippen LogP contribution in [0.3, 0.4) is 0 Å². The maximum absolute atomic E-state index is 12.7. The third kappa shape index (κ3) is 5.21. The van der Waals surface area contributed by atoms with E-state index in [-0.39, 0.29) is 11.7 Å². The molecule has 0 saturated carbocycles. The van der Waals surface area contributed by atoms with Gasteiger partial charge in [-0.15, -0.1) is 11.8 Å². The van der Waals surface area contributed by atoms with Gasteiger partial charge in [-0.3, -0.25) is 9.59 Å². The number of thioether (sulfide) groups is 1. The van der Waals surface area contributed by atoms with Crippen LogP contribution in [0, 0.1) is 0 Å². The number of nitrogens with zero attached hydrogens (tertiary/aromatic N) is 2. The molecule has 0 bridgehead atoms. The quantitative estimate of drug-likeness (QED) is 0.587. The summed E-state index contributed by atoms with van der Waals surface area (Å²) in [6.07, 6.45) is 5.41. The summed E-state index contributed by atoms with van der Waals surface area (Å²) in [7, 11) is 0. The van der Waals surface area contributed by atoms with Gasteiger partial charge in [0.1, 0.15) is 0 Å². The standard InChI is InChI=1S/C20H20N4O2S/c21-19(25)13-27-18-8-4-3-7-17(18)20(26)23-11-15-5-1-2-6-16(15)12-24-10-9-22-14-24/h1-10,14H,11-13H2,(H2,21,25)(H,23,26). The first-order chi connectivity index (χ1) is 13.1. The smallest absolute Gasteiger partial charge is 0.252 e. The molecule has 3 N–H and O–H groups in total. The molecule has 27 heavy (non-hydrogen) atoms. The fourth-order valence-corrected chi connectivity index (χ4v) is 3.45. The minimum Gasteiger partial charge on any atom is -0.369 e. The highest BCUT2D eigenvalue weighted by molar-refractivity contribution is 8.00. The summed E-state index contributed by atoms with van der Waals surface area (Å²) in [5, 5.41) is 2.97. The second-order valence-corrected chi connectivity index (χ2v) is 6.95. The molecule has 138 valence electrons. The molecule has 3 aromatic rings. The number of carbonyl (C=O) groups excluding carboxylic acids is 2. The van der Waals surface area contributed by atoms with Crippen LogP contribution in [0.1, 0.15) is 21.5 Å². The van der Waals surface area contributed by atoms with Crippen molar-refractivity contribution in [2.45, 2.75) is 18.0 Å². The molecule has 0 aliphatic rings. The number of primary amides is 1. The van der Waals surface area contributed by atoms with Crippen molar-refractivity contribution in [1.29, 1.82) is 0 Å². The molecule has 1 heterocycles. The number of carbonyl (C=O) groups is 2. The molecule has 0 unspecified atom stereocenters. The molecule has 0 aliphatic heterocycles. The van der Waals surface area contributed by atoms with Crippen molar-refractivity contribution in [2.24, 2.45) is 5.73 Å². The Balaban J connectivity index is 1.69. The number of nitrogens with two attached hydrogens (primary N) is 1. The number of hydrogen-bond acceptors (Lipinski definition) is 4. The first-order valence-electron chi connectivity index (χ1n) is 8.44. The molecule has 6 nitrogen and oxygen atoms in total. The molecule has 0 atom stereocenters. The van der Waals surface area contributed by atoms with E-state index in [9.17, 15) is 9.59 Å². The predicted molar refractivity (Wildman–Crippen MR) is 105 cm³/mol. The monoisotopic (exact) mass is 380 g/mol. The highest BCUT2D eigenvalue weighted by atomic mass is 32.2. The zero-order valence-electron chi connectivity index (χ0n) is 14.7. The van der Waals surface area contributed by atoms with Crippen LogP contribution in [0.15, 0.2) is 72.1 Å². The Hall–Kier alpha value is -3.06. The molecular formula is C20H20N4O2S. The van der Waals surface area contributed by atoms with Crippen molar-refractivity contribution in [3.05, 3.63) is 83.9 Å². The van der Waals surface area contributed by atoms with E-state index in [0.717, 1.165) is 16.0 Å². The van der Waals surface area contributed by atoms with Crippen LogP contribution in [-0.4, -0.2) is 27.1 Å². The summed E-state index contributed by atoms with van der Waals surface area (Å²) >= 11 is 1.27. The Morgan fingerprint density at radius 1 is 1.07 bits per heavy atom. The molecule has 3 rings (SSSR count). The Kier molecular flexibility index (Phi) is 6.27. The van der Waals surface area contributed by atoms with Crippen molar-refractivity contribution in [3.8, 4) is 0 Å². The Morgan fingerprint density at radius 3 is 2.56 bits per heavy atom. The van der Waals surface area contributed by atoms with E-state index in [1.54, 1.807) is 24.7 Å². The Labute approximate surface area is 161 Å². The van der Waals surface area contributed by atoms with Crippen LogP contribution in [0.2, 0.25) is 0 Å². The van der Waals surface area contributed by atoms with Gasteiger partial charge < -0.3 is 15.6 Å². The van der Waals surface area contributed by atoms with Crippen LogP contribution in [0.25, 0.3) is 0 Å². The van der Waals surface area contributed by atoms with Gasteiger partial charge in [-0.05, 0) is 23.3 Å². The number of benzene rings is 2. The third-order valence-electron chi connectivity index (χ3n) is 3.97. The lowest BCUT2D eigenvalue weighted by atomic mass is 10.1. The summed E-state index contributed by atoms with van der Waals surface area (Å²) in [5.74, 6) is -0.457. The van der Waals surface area contributed by atoms with Crippen molar-refractivity contribution >= 4 is 23.6 Å². The van der Waals surface area contributed by atoms with Gasteiger partial charge in [-0.25, -0.2) is 4.98 Å². The van der Waals surface area contributed by atoms with E-state index in [1.165, 1.54) is 11.8 Å². The maximum atomic E-state index is 12.7. The van der Waals surface area contributed by atoms with Crippen LogP contribution < -0.4 is 11.1 Å². The molecule has 2 amide bonds. The SMILES string of the molecule is NC(=O)CSc1ccccc1C(=O)NCc1ccccc1Cn1ccnc1. The average molecular weight is 380 g/mol. The molecule has 0 fully saturated rings. The number of nitrogens with one attached hydrogen (secondary N) is 1. The maximum Gasteiger partial charge on any atom is 0.252 e. The fraction of sp³-hybridized carbons (Fsp3) is 0.150. The van der Waals surface area contributed by atoms with Gasteiger partial charge in [0.2, 0.25) is 5.91 Å². The van der Waals surface area contributed by atoms with Gasteiger partial charge in [0.25, 0.3) is 5.91 Å². The first kappa shape index (κ1) is 18.7. The lowest BCUT2D eigenvalue weighted by Crippen LogP contribution is -2.24. The number of hydrogen-bond donors (Lipinski definition) is 2. The summed E-state index contributed by atoms with van der Waals surface area (Å²) in [5.41, 5.74) is 7.91. The number of rotatable bonds is 8. The molecule has 1 aromatic heterocycles. The summed E-state index contributed by atoms with van der Waals surface area (Å²) in [6.45, 7) is 1.11. The van der Waals surface area contributed by atoms with Gasteiger partial charge in [-0.2, -0.15) is 0 Å². The first-order valence-corrected chi connectivity index (χ1v) is 9.43. The van der Waals surface area contributed by atoms with Gasteiger partial charge >= 0.3 is 0 Å². The fourth-order valence-electron chi connectivity index (χ4n) is 2.66. The molecular weight excluding hydrogens is 360 g/mol. The zero-order chi connectivity index (χ0) is 19.1. The number of amides is 2. The largest absolute Gasteiger partial charge is 0.369 e. The molecule has 0 spiro atoms. The van der Waals surface area contributed by atoms with E-state index < -0.39 is 5.91 Å². The molecule has 0 aliphatic carbocycles. The van der Waals surface area contributed by atoms with Crippen LogP contribution in [0.4, 0.5) is 0 Å². The minimum atomic E-state index is -0.413. The molecule has 7 heteroatoms. The van der Waals surface area contributed by atoms with Crippen molar-refractivity contribution < 1.29 is 9.59 Å². The third-order valence-corrected chi connectivity index (χ3v) is 5.07. The molecule has 2 aromatic carbocycles. The van der Waals surface area contributed by atoms with Crippen LogP contribution >= 0.6 is 11.8 Å². The summed E-state index contributed by atoms with van der Waals surface area (Å²) in [6, 6.07) is 15.2. The summed E-state index contributed by atoms with van der Waals surface area (Å²) < 4.78 is 1.98. The number of imidazole rings is 1. The topological polar surface area (TPSA) is 90.0 Å².